The Bertz CT molecular complexity index is 1190. The first-order valence-corrected chi connectivity index (χ1v) is 13.7. The van der Waals surface area contributed by atoms with E-state index in [1.807, 2.05) is 51.3 Å². The smallest absolute Gasteiger partial charge is 0.264 e. The van der Waals surface area contributed by atoms with Crippen molar-refractivity contribution in [2.75, 3.05) is 23.7 Å². The van der Waals surface area contributed by atoms with Crippen molar-refractivity contribution >= 4 is 33.4 Å². The minimum Gasteiger partial charge on any atom is -0.494 e. The van der Waals surface area contributed by atoms with Gasteiger partial charge in [-0.25, -0.2) is 8.42 Å². The molecule has 1 atom stereocenters. The molecule has 3 rings (SSSR count). The number of hydrogen-bond donors (Lipinski definition) is 1. The number of aryl methyl sites for hydroxylation is 1. The van der Waals surface area contributed by atoms with Gasteiger partial charge in [-0.15, -0.1) is 11.8 Å². The Hall–Kier alpha value is -2.97. The van der Waals surface area contributed by atoms with Crippen molar-refractivity contribution in [3.8, 4) is 5.75 Å². The number of nitrogens with one attached hydrogen (secondary N) is 1. The molecule has 0 radical (unpaired) electrons. The molecule has 34 heavy (non-hydrogen) atoms. The highest BCUT2D eigenvalue weighted by Gasteiger charge is 2.28. The van der Waals surface area contributed by atoms with Gasteiger partial charge in [-0.1, -0.05) is 29.8 Å². The minimum absolute atomic E-state index is 0.124. The number of amides is 1. The average molecular weight is 499 g/mol. The maximum absolute atomic E-state index is 13.6. The molecule has 0 saturated heterocycles. The fourth-order valence-corrected chi connectivity index (χ4v) is 5.25. The van der Waals surface area contributed by atoms with Gasteiger partial charge in [-0.05, 0) is 81.1 Å². The molecular weight excluding hydrogens is 468 g/mol. The summed E-state index contributed by atoms with van der Waals surface area (Å²) in [5.41, 5.74) is 2.46. The highest BCUT2D eigenvalue weighted by Crippen LogP contribution is 2.27. The number of rotatable bonds is 10. The van der Waals surface area contributed by atoms with Crippen LogP contribution in [0.1, 0.15) is 31.0 Å². The van der Waals surface area contributed by atoms with Crippen molar-refractivity contribution in [2.24, 2.45) is 0 Å². The Kier molecular flexibility index (Phi) is 8.63. The van der Waals surface area contributed by atoms with Crippen LogP contribution < -0.4 is 14.4 Å². The monoisotopic (exact) mass is 498 g/mol. The first-order valence-electron chi connectivity index (χ1n) is 11.0. The standard InChI is InChI=1S/C26H30N2O4S2/c1-5-32-23-12-10-22(11-13-23)28(34(30,31)25-16-14-24(33-4)15-17-25)18-26(29)27-20(3)21-8-6-19(2)7-9-21/h6-17,20H,5,18H2,1-4H3,(H,27,29)/t20-/m1/s1. The van der Waals surface area contributed by atoms with Crippen LogP contribution in [0.15, 0.2) is 82.6 Å². The highest BCUT2D eigenvalue weighted by molar-refractivity contribution is 7.98. The Labute approximate surface area is 206 Å². The molecule has 0 heterocycles. The lowest BCUT2D eigenvalue weighted by Gasteiger charge is -2.25. The summed E-state index contributed by atoms with van der Waals surface area (Å²) in [5.74, 6) is 0.233. The van der Waals surface area contributed by atoms with E-state index in [0.29, 0.717) is 18.0 Å². The molecule has 0 unspecified atom stereocenters. The van der Waals surface area contributed by atoms with E-state index in [1.165, 1.54) is 11.8 Å². The second-order valence-electron chi connectivity index (χ2n) is 7.81. The number of benzene rings is 3. The van der Waals surface area contributed by atoms with Gasteiger partial charge in [0.05, 0.1) is 23.2 Å². The number of carbonyl (C=O) groups excluding carboxylic acids is 1. The van der Waals surface area contributed by atoms with Gasteiger partial charge in [0, 0.05) is 4.90 Å². The maximum Gasteiger partial charge on any atom is 0.264 e. The summed E-state index contributed by atoms with van der Waals surface area (Å²) in [6.45, 7) is 5.90. The van der Waals surface area contributed by atoms with Gasteiger partial charge in [0.15, 0.2) is 0 Å². The third-order valence-electron chi connectivity index (χ3n) is 5.33. The van der Waals surface area contributed by atoms with E-state index in [2.05, 4.69) is 5.32 Å². The first-order chi connectivity index (χ1) is 16.2. The Morgan fingerprint density at radius 3 is 2.18 bits per heavy atom. The van der Waals surface area contributed by atoms with Crippen LogP contribution >= 0.6 is 11.8 Å². The van der Waals surface area contributed by atoms with E-state index < -0.39 is 15.9 Å². The SMILES string of the molecule is CCOc1ccc(N(CC(=O)N[C@H](C)c2ccc(C)cc2)S(=O)(=O)c2ccc(SC)cc2)cc1. The Morgan fingerprint density at radius 2 is 1.62 bits per heavy atom. The van der Waals surface area contributed by atoms with E-state index in [0.717, 1.165) is 20.3 Å². The van der Waals surface area contributed by atoms with Crippen LogP contribution in [0.25, 0.3) is 0 Å². The molecule has 8 heteroatoms. The summed E-state index contributed by atoms with van der Waals surface area (Å²) in [6.07, 6.45) is 1.93. The van der Waals surface area contributed by atoms with Gasteiger partial charge in [0.1, 0.15) is 12.3 Å². The molecule has 0 aliphatic heterocycles. The number of nitrogens with zero attached hydrogens (tertiary/aromatic N) is 1. The molecule has 0 saturated carbocycles. The molecule has 3 aromatic rings. The molecule has 3 aromatic carbocycles. The number of anilines is 1. The third-order valence-corrected chi connectivity index (χ3v) is 7.86. The molecule has 0 spiro atoms. The van der Waals surface area contributed by atoms with Crippen LogP contribution in [0, 0.1) is 6.92 Å². The van der Waals surface area contributed by atoms with E-state index >= 15 is 0 Å². The van der Waals surface area contributed by atoms with Crippen molar-refractivity contribution in [3.63, 3.8) is 0 Å². The maximum atomic E-state index is 13.6. The van der Waals surface area contributed by atoms with Crippen molar-refractivity contribution < 1.29 is 17.9 Å². The molecule has 0 fully saturated rings. The van der Waals surface area contributed by atoms with Gasteiger partial charge >= 0.3 is 0 Å². The Morgan fingerprint density at radius 1 is 1.00 bits per heavy atom. The molecule has 0 bridgehead atoms. The van der Waals surface area contributed by atoms with Gasteiger partial charge < -0.3 is 10.1 Å². The third kappa shape index (κ3) is 6.33. The summed E-state index contributed by atoms with van der Waals surface area (Å²) < 4.78 is 33.8. The van der Waals surface area contributed by atoms with Crippen LogP contribution in [-0.4, -0.2) is 33.7 Å². The molecule has 180 valence electrons. The molecule has 0 aromatic heterocycles. The second kappa shape index (κ2) is 11.4. The normalized spacial score (nSPS) is 12.1. The zero-order valence-corrected chi connectivity index (χ0v) is 21.4. The van der Waals surface area contributed by atoms with Crippen molar-refractivity contribution in [1.82, 2.24) is 5.32 Å². The van der Waals surface area contributed by atoms with Gasteiger partial charge in [-0.2, -0.15) is 0 Å². The number of thioether (sulfide) groups is 1. The van der Waals surface area contributed by atoms with Crippen LogP contribution in [0.3, 0.4) is 0 Å². The second-order valence-corrected chi connectivity index (χ2v) is 10.6. The van der Waals surface area contributed by atoms with Gasteiger partial charge in [0.2, 0.25) is 5.91 Å². The highest BCUT2D eigenvalue weighted by atomic mass is 32.2. The average Bonchev–Trinajstić information content (AvgIpc) is 2.83. The summed E-state index contributed by atoms with van der Waals surface area (Å²) >= 11 is 1.53. The lowest BCUT2D eigenvalue weighted by molar-refractivity contribution is -0.120. The summed E-state index contributed by atoms with van der Waals surface area (Å²) in [6, 6.07) is 20.9. The Balaban J connectivity index is 1.88. The zero-order valence-electron chi connectivity index (χ0n) is 19.8. The minimum atomic E-state index is -3.98. The summed E-state index contributed by atoms with van der Waals surface area (Å²) in [7, 11) is -3.98. The largest absolute Gasteiger partial charge is 0.494 e. The zero-order chi connectivity index (χ0) is 24.7. The van der Waals surface area contributed by atoms with Crippen LogP contribution in [0.4, 0.5) is 5.69 Å². The van der Waals surface area contributed by atoms with Crippen molar-refractivity contribution in [2.45, 2.75) is 36.6 Å². The van der Waals surface area contributed by atoms with Crippen LogP contribution in [0.2, 0.25) is 0 Å². The molecule has 1 N–H and O–H groups in total. The quantitative estimate of drug-likeness (QED) is 0.390. The molecule has 1 amide bonds. The van der Waals surface area contributed by atoms with Crippen molar-refractivity contribution in [3.05, 3.63) is 83.9 Å². The first kappa shape index (κ1) is 25.6. The summed E-state index contributed by atoms with van der Waals surface area (Å²) in [4.78, 5) is 14.1. The predicted molar refractivity (Wildman–Crippen MR) is 138 cm³/mol. The molecule has 6 nitrogen and oxygen atoms in total. The lowest BCUT2D eigenvalue weighted by atomic mass is 10.1. The lowest BCUT2D eigenvalue weighted by Crippen LogP contribution is -2.41. The topological polar surface area (TPSA) is 75.7 Å². The predicted octanol–water partition coefficient (Wildman–Crippen LogP) is 5.19. The number of carbonyl (C=O) groups is 1. The van der Waals surface area contributed by atoms with E-state index in [9.17, 15) is 13.2 Å². The molecule has 0 aliphatic carbocycles. The van der Waals surface area contributed by atoms with Crippen LogP contribution in [0.5, 0.6) is 5.75 Å². The van der Waals surface area contributed by atoms with E-state index in [-0.39, 0.29) is 17.5 Å². The van der Waals surface area contributed by atoms with Crippen molar-refractivity contribution in [1.29, 1.82) is 0 Å². The number of ether oxygens (including phenoxy) is 1. The van der Waals surface area contributed by atoms with Gasteiger partial charge in [0.25, 0.3) is 10.0 Å². The van der Waals surface area contributed by atoms with E-state index in [1.54, 1.807) is 48.5 Å². The number of sulfonamides is 1. The molecular formula is C26H30N2O4S2. The summed E-state index contributed by atoms with van der Waals surface area (Å²) in [5, 5.41) is 2.92. The van der Waals surface area contributed by atoms with Crippen LogP contribution in [-0.2, 0) is 14.8 Å². The number of hydrogen-bond acceptors (Lipinski definition) is 5. The fourth-order valence-electron chi connectivity index (χ4n) is 3.42. The fraction of sp³-hybridized carbons (Fsp3) is 0.269. The van der Waals surface area contributed by atoms with E-state index in [4.69, 9.17) is 4.74 Å². The molecule has 0 aliphatic rings. The van der Waals surface area contributed by atoms with Gasteiger partial charge in [-0.3, -0.25) is 9.10 Å².